The second kappa shape index (κ2) is 11.1. The van der Waals surface area contributed by atoms with E-state index in [1.165, 1.54) is 0 Å². The van der Waals surface area contributed by atoms with Crippen molar-refractivity contribution in [2.45, 2.75) is 96.1 Å². The van der Waals surface area contributed by atoms with Crippen LogP contribution in [0.4, 0.5) is 0 Å². The molecule has 8 heteroatoms. The summed E-state index contributed by atoms with van der Waals surface area (Å²) in [5, 5.41) is 15.4. The largest absolute Gasteiger partial charge is 0.396 e. The minimum atomic E-state index is -1.02. The zero-order valence-electron chi connectivity index (χ0n) is 22.7. The zero-order chi connectivity index (χ0) is 26.8. The van der Waals surface area contributed by atoms with Gasteiger partial charge in [-0.05, 0) is 57.4 Å². The number of aliphatic hydroxyl groups excluding tert-OH is 1. The third-order valence-corrected chi connectivity index (χ3v) is 8.82. The number of carbonyl (C=O) groups is 3. The van der Waals surface area contributed by atoms with Crippen molar-refractivity contribution in [2.24, 2.45) is 17.8 Å². The van der Waals surface area contributed by atoms with E-state index in [1.54, 1.807) is 4.90 Å². The minimum absolute atomic E-state index is 0.0155. The van der Waals surface area contributed by atoms with E-state index in [1.807, 2.05) is 44.2 Å². The van der Waals surface area contributed by atoms with Gasteiger partial charge in [0.2, 0.25) is 17.7 Å². The number of aliphatic hydroxyl groups is 1. The van der Waals surface area contributed by atoms with Crippen LogP contribution >= 0.6 is 0 Å². The number of fused-ring (bicyclic) bond motifs is 1. The number of rotatable bonds is 12. The van der Waals surface area contributed by atoms with E-state index in [-0.39, 0.29) is 36.3 Å². The number of carbonyl (C=O) groups excluding carboxylic acids is 3. The van der Waals surface area contributed by atoms with Gasteiger partial charge in [0, 0.05) is 25.7 Å². The summed E-state index contributed by atoms with van der Waals surface area (Å²) in [7, 11) is 0. The first kappa shape index (κ1) is 27.6. The molecule has 3 aliphatic heterocycles. The standard InChI is InChI=1S/C29H43N3O5/c1-5-12-20(3)31-26(35)24-29-17-19(2)28(4,37-29)22(25(34)30-18-21-13-8-6-9-14-21)23(29)27(36)32(24)15-10-7-11-16-33/h6,8-9,13-14,19-20,22-24,33H,5,7,10-12,15-18H2,1-4H3,(H,30,34)(H,31,35)/t19?,20?,22-,23-,24?,28+,29?/m0/s1. The van der Waals surface area contributed by atoms with Gasteiger partial charge >= 0.3 is 0 Å². The van der Waals surface area contributed by atoms with Crippen LogP contribution < -0.4 is 10.6 Å². The molecular formula is C29H43N3O5. The average Bonchev–Trinajstić information content (AvgIpc) is 3.37. The lowest BCUT2D eigenvalue weighted by atomic mass is 9.62. The van der Waals surface area contributed by atoms with Crippen LogP contribution in [0.1, 0.15) is 71.8 Å². The maximum atomic E-state index is 14.0. The van der Waals surface area contributed by atoms with Crippen molar-refractivity contribution in [3.8, 4) is 0 Å². The van der Waals surface area contributed by atoms with Crippen LogP contribution in [0.25, 0.3) is 0 Å². The highest BCUT2D eigenvalue weighted by Gasteiger charge is 2.79. The van der Waals surface area contributed by atoms with Gasteiger partial charge in [-0.25, -0.2) is 0 Å². The Morgan fingerprint density at radius 3 is 2.59 bits per heavy atom. The molecule has 1 spiro atoms. The highest BCUT2D eigenvalue weighted by atomic mass is 16.5. The van der Waals surface area contributed by atoms with Crippen molar-refractivity contribution >= 4 is 17.7 Å². The van der Waals surface area contributed by atoms with Crippen molar-refractivity contribution in [3.05, 3.63) is 35.9 Å². The number of nitrogens with one attached hydrogen (secondary N) is 2. The molecule has 7 atom stereocenters. The normalized spacial score (nSPS) is 32.9. The van der Waals surface area contributed by atoms with Gasteiger partial charge in [-0.1, -0.05) is 50.6 Å². The Balaban J connectivity index is 1.64. The zero-order valence-corrected chi connectivity index (χ0v) is 22.7. The van der Waals surface area contributed by atoms with Gasteiger partial charge in [-0.15, -0.1) is 0 Å². The fraction of sp³-hybridized carbons (Fsp3) is 0.690. The van der Waals surface area contributed by atoms with Crippen LogP contribution in [0.15, 0.2) is 30.3 Å². The van der Waals surface area contributed by atoms with Gasteiger partial charge in [-0.3, -0.25) is 14.4 Å². The Morgan fingerprint density at radius 2 is 1.92 bits per heavy atom. The molecule has 3 heterocycles. The molecule has 3 amide bonds. The van der Waals surface area contributed by atoms with Crippen LogP contribution in [0, 0.1) is 17.8 Å². The van der Waals surface area contributed by atoms with E-state index in [0.717, 1.165) is 24.8 Å². The Bertz CT molecular complexity index is 987. The fourth-order valence-electron chi connectivity index (χ4n) is 6.97. The molecule has 4 rings (SSSR count). The first-order chi connectivity index (χ1) is 17.7. The molecular weight excluding hydrogens is 470 g/mol. The third kappa shape index (κ3) is 4.90. The van der Waals surface area contributed by atoms with E-state index < -0.39 is 29.1 Å². The van der Waals surface area contributed by atoms with E-state index in [4.69, 9.17) is 4.74 Å². The lowest BCUT2D eigenvalue weighted by Crippen LogP contribution is -2.57. The predicted molar refractivity (Wildman–Crippen MR) is 140 cm³/mol. The van der Waals surface area contributed by atoms with E-state index in [0.29, 0.717) is 32.4 Å². The number of amides is 3. The maximum absolute atomic E-state index is 14.0. The lowest BCUT2D eigenvalue weighted by molar-refractivity contribution is -0.147. The number of ether oxygens (including phenoxy) is 1. The van der Waals surface area contributed by atoms with Gasteiger partial charge in [0.1, 0.15) is 11.6 Å². The summed E-state index contributed by atoms with van der Waals surface area (Å²) < 4.78 is 6.75. The van der Waals surface area contributed by atoms with E-state index in [2.05, 4.69) is 24.5 Å². The second-order valence-electron chi connectivity index (χ2n) is 11.4. The van der Waals surface area contributed by atoms with Crippen molar-refractivity contribution in [2.75, 3.05) is 13.2 Å². The number of unbranched alkanes of at least 4 members (excludes halogenated alkanes) is 2. The molecule has 3 N–H and O–H groups in total. The van der Waals surface area contributed by atoms with Gasteiger partial charge < -0.3 is 25.4 Å². The molecule has 0 saturated carbocycles. The van der Waals surface area contributed by atoms with Crippen LogP contribution in [0.3, 0.4) is 0 Å². The molecule has 3 saturated heterocycles. The molecule has 204 valence electrons. The highest BCUT2D eigenvalue weighted by Crippen LogP contribution is 2.65. The van der Waals surface area contributed by atoms with Gasteiger partial charge in [0.05, 0.1) is 17.4 Å². The Kier molecular flexibility index (Phi) is 8.29. The first-order valence-electron chi connectivity index (χ1n) is 13.9. The molecule has 1 aromatic rings. The molecule has 0 aliphatic carbocycles. The lowest BCUT2D eigenvalue weighted by Gasteiger charge is -2.36. The van der Waals surface area contributed by atoms with E-state index in [9.17, 15) is 19.5 Å². The Morgan fingerprint density at radius 1 is 1.19 bits per heavy atom. The van der Waals surface area contributed by atoms with Gasteiger partial charge in [-0.2, -0.15) is 0 Å². The van der Waals surface area contributed by atoms with Crippen LogP contribution in [0.5, 0.6) is 0 Å². The molecule has 8 nitrogen and oxygen atoms in total. The summed E-state index contributed by atoms with van der Waals surface area (Å²) in [6, 6.07) is 8.91. The number of benzene rings is 1. The van der Waals surface area contributed by atoms with Crippen LogP contribution in [-0.2, 0) is 25.7 Å². The third-order valence-electron chi connectivity index (χ3n) is 8.82. The second-order valence-corrected chi connectivity index (χ2v) is 11.4. The summed E-state index contributed by atoms with van der Waals surface area (Å²) in [4.78, 5) is 43.2. The quantitative estimate of drug-likeness (QED) is 0.373. The van der Waals surface area contributed by atoms with Crippen molar-refractivity contribution in [1.29, 1.82) is 0 Å². The number of nitrogens with zero attached hydrogens (tertiary/aromatic N) is 1. The highest BCUT2D eigenvalue weighted by molar-refractivity contribution is 5.99. The van der Waals surface area contributed by atoms with Gasteiger partial charge in [0.25, 0.3) is 0 Å². The minimum Gasteiger partial charge on any atom is -0.396 e. The summed E-state index contributed by atoms with van der Waals surface area (Å²) in [6.07, 6.45) is 4.44. The molecule has 0 radical (unpaired) electrons. The summed E-state index contributed by atoms with van der Waals surface area (Å²) >= 11 is 0. The van der Waals surface area contributed by atoms with Crippen molar-refractivity contribution in [3.63, 3.8) is 0 Å². The molecule has 3 fully saturated rings. The Hall–Kier alpha value is -2.45. The smallest absolute Gasteiger partial charge is 0.246 e. The van der Waals surface area contributed by atoms with Crippen LogP contribution in [-0.4, -0.2) is 64.2 Å². The summed E-state index contributed by atoms with van der Waals surface area (Å²) in [5.74, 6) is -1.90. The predicted octanol–water partition coefficient (Wildman–Crippen LogP) is 2.78. The molecule has 0 aromatic heterocycles. The van der Waals surface area contributed by atoms with Crippen molar-refractivity contribution in [1.82, 2.24) is 15.5 Å². The monoisotopic (exact) mass is 513 g/mol. The topological polar surface area (TPSA) is 108 Å². The number of likely N-dealkylation sites (tertiary alicyclic amines) is 1. The maximum Gasteiger partial charge on any atom is 0.246 e. The van der Waals surface area contributed by atoms with Crippen molar-refractivity contribution < 1.29 is 24.2 Å². The van der Waals surface area contributed by atoms with E-state index >= 15 is 0 Å². The number of hydrogen-bond acceptors (Lipinski definition) is 5. The SMILES string of the molecule is CCCC(C)NC(=O)C1N(CCCCCO)C(=O)[C@@H]2[C@@H](C(=O)NCc3ccccc3)[C@]3(C)OC12CC3C. The first-order valence-corrected chi connectivity index (χ1v) is 13.9. The van der Waals surface area contributed by atoms with Gasteiger partial charge in [0.15, 0.2) is 0 Å². The summed E-state index contributed by atoms with van der Waals surface area (Å²) in [6.45, 7) is 8.93. The van der Waals surface area contributed by atoms with Crippen LogP contribution in [0.2, 0.25) is 0 Å². The molecule has 1 aromatic carbocycles. The fourth-order valence-corrected chi connectivity index (χ4v) is 6.97. The molecule has 3 aliphatic rings. The Labute approximate surface area is 220 Å². The average molecular weight is 514 g/mol. The summed E-state index contributed by atoms with van der Waals surface area (Å²) in [5.41, 5.74) is -0.858. The molecule has 37 heavy (non-hydrogen) atoms. The molecule has 2 bridgehead atoms. The number of hydrogen-bond donors (Lipinski definition) is 3. The molecule has 4 unspecified atom stereocenters.